The van der Waals surface area contributed by atoms with Crippen LogP contribution in [0.5, 0.6) is 0 Å². The summed E-state index contributed by atoms with van der Waals surface area (Å²) in [5.41, 5.74) is 0. The Balaban J connectivity index is 1.76. The highest BCUT2D eigenvalue weighted by atomic mass is 16.3. The first-order valence-corrected chi connectivity index (χ1v) is 8.78. The molecule has 1 saturated heterocycles. The van der Waals surface area contributed by atoms with Crippen molar-refractivity contribution in [1.29, 1.82) is 0 Å². The molecule has 0 spiro atoms. The first kappa shape index (κ1) is 18.0. The highest BCUT2D eigenvalue weighted by Crippen LogP contribution is 2.18. The Bertz CT molecular complexity index is 403. The van der Waals surface area contributed by atoms with Crippen LogP contribution < -0.4 is 10.6 Å². The summed E-state index contributed by atoms with van der Waals surface area (Å²) < 4.78 is 0. The SMILES string of the molecule is CCNC(=NCC(C)CO)N1CCN(CC(=O)NC2CC2)CC1. The first-order valence-electron chi connectivity index (χ1n) is 8.78. The van der Waals surface area contributed by atoms with Crippen LogP contribution in [0.15, 0.2) is 4.99 Å². The molecule has 23 heavy (non-hydrogen) atoms. The zero-order valence-corrected chi connectivity index (χ0v) is 14.4. The van der Waals surface area contributed by atoms with Gasteiger partial charge >= 0.3 is 0 Å². The third-order valence-corrected chi connectivity index (χ3v) is 4.18. The number of amides is 1. The number of piperazine rings is 1. The van der Waals surface area contributed by atoms with Crippen LogP contribution in [0.3, 0.4) is 0 Å². The molecule has 132 valence electrons. The Labute approximate surface area is 139 Å². The van der Waals surface area contributed by atoms with Crippen molar-refractivity contribution >= 4 is 11.9 Å². The van der Waals surface area contributed by atoms with Gasteiger partial charge in [-0.05, 0) is 25.7 Å². The second-order valence-corrected chi connectivity index (χ2v) is 6.59. The van der Waals surface area contributed by atoms with Gasteiger partial charge in [-0.2, -0.15) is 0 Å². The van der Waals surface area contributed by atoms with Crippen LogP contribution in [0.4, 0.5) is 0 Å². The Hall–Kier alpha value is -1.34. The van der Waals surface area contributed by atoms with Crippen LogP contribution in [-0.2, 0) is 4.79 Å². The first-order chi connectivity index (χ1) is 11.1. The third-order valence-electron chi connectivity index (χ3n) is 4.18. The predicted octanol–water partition coefficient (Wildman–Crippen LogP) is -0.523. The molecule has 1 saturated carbocycles. The number of nitrogens with one attached hydrogen (secondary N) is 2. The fourth-order valence-corrected chi connectivity index (χ4v) is 2.55. The van der Waals surface area contributed by atoms with Gasteiger partial charge in [-0.3, -0.25) is 14.7 Å². The van der Waals surface area contributed by atoms with Crippen LogP contribution in [0, 0.1) is 5.92 Å². The summed E-state index contributed by atoms with van der Waals surface area (Å²) in [7, 11) is 0. The molecule has 0 aromatic heterocycles. The van der Waals surface area contributed by atoms with Crippen LogP contribution in [0.25, 0.3) is 0 Å². The lowest BCUT2D eigenvalue weighted by Crippen LogP contribution is -2.54. The molecule has 1 aliphatic carbocycles. The van der Waals surface area contributed by atoms with Gasteiger partial charge in [-0.25, -0.2) is 0 Å². The monoisotopic (exact) mass is 325 g/mol. The van der Waals surface area contributed by atoms with Crippen molar-refractivity contribution in [2.24, 2.45) is 10.9 Å². The van der Waals surface area contributed by atoms with Gasteiger partial charge < -0.3 is 20.6 Å². The highest BCUT2D eigenvalue weighted by Gasteiger charge is 2.25. The van der Waals surface area contributed by atoms with Gasteiger partial charge in [0, 0.05) is 51.9 Å². The number of aliphatic imine (C=N–C) groups is 1. The van der Waals surface area contributed by atoms with E-state index in [0.29, 0.717) is 19.1 Å². The molecule has 0 bridgehead atoms. The summed E-state index contributed by atoms with van der Waals surface area (Å²) in [6.45, 7) is 9.65. The number of guanidine groups is 1. The molecular weight excluding hydrogens is 294 g/mol. The van der Waals surface area contributed by atoms with E-state index in [-0.39, 0.29) is 18.4 Å². The lowest BCUT2D eigenvalue weighted by molar-refractivity contribution is -0.122. The number of carbonyl (C=O) groups is 1. The summed E-state index contributed by atoms with van der Waals surface area (Å²) in [6, 6.07) is 0.435. The lowest BCUT2D eigenvalue weighted by Gasteiger charge is -2.36. The van der Waals surface area contributed by atoms with Gasteiger partial charge in [-0.15, -0.1) is 0 Å². The molecule has 1 unspecified atom stereocenters. The molecular formula is C16H31N5O2. The number of hydrogen-bond donors (Lipinski definition) is 3. The number of rotatable bonds is 7. The van der Waals surface area contributed by atoms with Gasteiger partial charge in [0.1, 0.15) is 0 Å². The predicted molar refractivity (Wildman–Crippen MR) is 91.4 cm³/mol. The van der Waals surface area contributed by atoms with Gasteiger partial charge in [0.2, 0.25) is 5.91 Å². The molecule has 1 amide bonds. The van der Waals surface area contributed by atoms with Crippen molar-refractivity contribution in [2.75, 3.05) is 52.4 Å². The highest BCUT2D eigenvalue weighted by molar-refractivity contribution is 5.80. The molecule has 3 N–H and O–H groups in total. The molecule has 7 nitrogen and oxygen atoms in total. The van der Waals surface area contributed by atoms with E-state index in [0.717, 1.165) is 51.5 Å². The van der Waals surface area contributed by atoms with E-state index in [1.807, 2.05) is 6.92 Å². The van der Waals surface area contributed by atoms with E-state index in [4.69, 9.17) is 5.11 Å². The molecule has 0 aromatic rings. The zero-order valence-electron chi connectivity index (χ0n) is 14.4. The minimum absolute atomic E-state index is 0.151. The summed E-state index contributed by atoms with van der Waals surface area (Å²) in [5.74, 6) is 1.24. The van der Waals surface area contributed by atoms with E-state index in [2.05, 4.69) is 32.3 Å². The number of carbonyl (C=O) groups excluding carboxylic acids is 1. The average Bonchev–Trinajstić information content (AvgIpc) is 3.35. The maximum Gasteiger partial charge on any atom is 0.234 e. The third kappa shape index (κ3) is 6.35. The molecule has 1 aliphatic heterocycles. The zero-order chi connectivity index (χ0) is 16.7. The minimum atomic E-state index is 0.151. The van der Waals surface area contributed by atoms with Crippen molar-refractivity contribution in [2.45, 2.75) is 32.7 Å². The Kier molecular flexibility index (Phi) is 7.11. The molecule has 2 fully saturated rings. The standard InChI is InChI=1S/C16H31N5O2/c1-3-17-16(18-10-13(2)12-22)21-8-6-20(7-9-21)11-15(23)19-14-4-5-14/h13-14,22H,3-12H2,1-2H3,(H,17,18)(H,19,23). The van der Waals surface area contributed by atoms with E-state index in [1.54, 1.807) is 0 Å². The summed E-state index contributed by atoms with van der Waals surface area (Å²) in [4.78, 5) is 20.9. The van der Waals surface area contributed by atoms with E-state index in [1.165, 1.54) is 0 Å². The average molecular weight is 325 g/mol. The van der Waals surface area contributed by atoms with Gasteiger partial charge in [0.25, 0.3) is 0 Å². The van der Waals surface area contributed by atoms with Crippen LogP contribution in [0.2, 0.25) is 0 Å². The second-order valence-electron chi connectivity index (χ2n) is 6.59. The van der Waals surface area contributed by atoms with Gasteiger partial charge in [-0.1, -0.05) is 6.92 Å². The number of aliphatic hydroxyl groups is 1. The maximum atomic E-state index is 11.9. The topological polar surface area (TPSA) is 80.2 Å². The van der Waals surface area contributed by atoms with E-state index in [9.17, 15) is 4.79 Å². The maximum absolute atomic E-state index is 11.9. The minimum Gasteiger partial charge on any atom is -0.396 e. The summed E-state index contributed by atoms with van der Waals surface area (Å²) >= 11 is 0. The summed E-state index contributed by atoms with van der Waals surface area (Å²) in [6.07, 6.45) is 2.27. The van der Waals surface area contributed by atoms with Crippen molar-refractivity contribution in [3.8, 4) is 0 Å². The Morgan fingerprint density at radius 1 is 1.30 bits per heavy atom. The second kappa shape index (κ2) is 9.08. The van der Waals surface area contributed by atoms with Crippen LogP contribution in [-0.4, -0.2) is 85.2 Å². The number of nitrogens with zero attached hydrogens (tertiary/aromatic N) is 3. The number of hydrogen-bond acceptors (Lipinski definition) is 4. The Morgan fingerprint density at radius 3 is 2.57 bits per heavy atom. The summed E-state index contributed by atoms with van der Waals surface area (Å²) in [5, 5.41) is 15.5. The largest absolute Gasteiger partial charge is 0.396 e. The van der Waals surface area contributed by atoms with E-state index >= 15 is 0 Å². The van der Waals surface area contributed by atoms with Crippen LogP contribution in [0.1, 0.15) is 26.7 Å². The number of aliphatic hydroxyl groups excluding tert-OH is 1. The molecule has 1 atom stereocenters. The van der Waals surface area contributed by atoms with Crippen molar-refractivity contribution in [3.05, 3.63) is 0 Å². The van der Waals surface area contributed by atoms with E-state index < -0.39 is 0 Å². The fraction of sp³-hybridized carbons (Fsp3) is 0.875. The molecule has 2 aliphatic rings. The molecule has 1 heterocycles. The van der Waals surface area contributed by atoms with Crippen LogP contribution >= 0.6 is 0 Å². The molecule has 7 heteroatoms. The molecule has 2 rings (SSSR count). The lowest BCUT2D eigenvalue weighted by atomic mass is 10.2. The normalized spacial score (nSPS) is 21.2. The van der Waals surface area contributed by atoms with Crippen molar-refractivity contribution in [1.82, 2.24) is 20.4 Å². The smallest absolute Gasteiger partial charge is 0.234 e. The molecule has 0 aromatic carbocycles. The van der Waals surface area contributed by atoms with Crippen molar-refractivity contribution < 1.29 is 9.90 Å². The van der Waals surface area contributed by atoms with Crippen molar-refractivity contribution in [3.63, 3.8) is 0 Å². The molecule has 0 radical (unpaired) electrons. The van der Waals surface area contributed by atoms with Gasteiger partial charge in [0.15, 0.2) is 5.96 Å². The van der Waals surface area contributed by atoms with Gasteiger partial charge in [0.05, 0.1) is 6.54 Å². The Morgan fingerprint density at radius 2 is 2.00 bits per heavy atom. The fourth-order valence-electron chi connectivity index (χ4n) is 2.55. The quantitative estimate of drug-likeness (QED) is 0.433.